The number of nitrogens with one attached hydrogen (secondary N) is 1. The lowest BCUT2D eigenvalue weighted by Gasteiger charge is -2.37. The van der Waals surface area contributed by atoms with Crippen LogP contribution in [0.25, 0.3) is 0 Å². The Morgan fingerprint density at radius 2 is 1.60 bits per heavy atom. The van der Waals surface area contributed by atoms with Crippen molar-refractivity contribution in [2.24, 2.45) is 0 Å². The highest BCUT2D eigenvalue weighted by Gasteiger charge is 2.41. The number of rotatable bonds is 8. The number of esters is 2. The number of carbonyl (C=O) groups excluding carboxylic acids is 3. The number of allylic oxidation sites excluding steroid dienone is 3. The van der Waals surface area contributed by atoms with E-state index in [2.05, 4.69) is 5.32 Å². The van der Waals surface area contributed by atoms with Gasteiger partial charge in [0, 0.05) is 36.2 Å². The zero-order valence-corrected chi connectivity index (χ0v) is 24.1. The molecule has 0 fully saturated rings. The number of benzene rings is 3. The number of methoxy groups -OCH3 is 2. The van der Waals surface area contributed by atoms with Gasteiger partial charge in [0.2, 0.25) is 0 Å². The minimum atomic E-state index is -0.700. The number of hydrogen-bond acceptors (Lipinski definition) is 8. The highest BCUT2D eigenvalue weighted by Crippen LogP contribution is 2.47. The lowest BCUT2D eigenvalue weighted by Crippen LogP contribution is -2.36. The molecule has 1 heterocycles. The zero-order valence-electron chi connectivity index (χ0n) is 24.1. The van der Waals surface area contributed by atoms with Crippen molar-refractivity contribution < 1.29 is 33.3 Å². The molecular formula is C34H33NO7. The number of Topliss-reactive ketones (excluding diaryl/α,β-unsaturated/α-hetero) is 1. The van der Waals surface area contributed by atoms with Crippen LogP contribution in [0.3, 0.4) is 0 Å². The van der Waals surface area contributed by atoms with Crippen LogP contribution in [0.2, 0.25) is 0 Å². The van der Waals surface area contributed by atoms with Crippen LogP contribution < -0.4 is 19.5 Å². The molecule has 0 amide bonds. The molecule has 3 aromatic carbocycles. The van der Waals surface area contributed by atoms with Crippen molar-refractivity contribution in [3.63, 3.8) is 0 Å². The fraction of sp³-hybridized carbons (Fsp3) is 0.265. The Bertz CT molecular complexity index is 1570. The van der Waals surface area contributed by atoms with Gasteiger partial charge in [0.25, 0.3) is 0 Å². The van der Waals surface area contributed by atoms with Crippen LogP contribution in [0.5, 0.6) is 17.2 Å². The van der Waals surface area contributed by atoms with E-state index in [0.29, 0.717) is 34.6 Å². The molecule has 216 valence electrons. The number of dihydropyridines is 1. The van der Waals surface area contributed by atoms with Crippen molar-refractivity contribution in [3.05, 3.63) is 112 Å². The predicted molar refractivity (Wildman–Crippen MR) is 156 cm³/mol. The van der Waals surface area contributed by atoms with Crippen LogP contribution >= 0.6 is 0 Å². The molecule has 0 bridgehead atoms. The molecule has 8 nitrogen and oxygen atoms in total. The Balaban J connectivity index is 1.54. The summed E-state index contributed by atoms with van der Waals surface area (Å²) in [6.07, 6.45) is 0.883. The first-order valence-electron chi connectivity index (χ1n) is 13.7. The Morgan fingerprint density at radius 1 is 0.881 bits per heavy atom. The van der Waals surface area contributed by atoms with Crippen LogP contribution in [0.4, 0.5) is 0 Å². The molecule has 2 atom stereocenters. The Kier molecular flexibility index (Phi) is 8.43. The van der Waals surface area contributed by atoms with Gasteiger partial charge in [-0.25, -0.2) is 4.79 Å². The SMILES string of the molecule is COc1ccc(C2CC(=O)C3=C(C2)NC(C)=C(C(=O)OCc2ccccc2)C3c2ccc(OC(C)=O)c(OC)c2)cc1. The van der Waals surface area contributed by atoms with Gasteiger partial charge in [0.05, 0.1) is 19.8 Å². The maximum atomic E-state index is 13.9. The van der Waals surface area contributed by atoms with Crippen molar-refractivity contribution in [2.45, 2.75) is 45.1 Å². The second kappa shape index (κ2) is 12.3. The van der Waals surface area contributed by atoms with Crippen LogP contribution in [-0.4, -0.2) is 31.9 Å². The minimum Gasteiger partial charge on any atom is -0.497 e. The standard InChI is InChI=1S/C34H33NO7/c1-20-31(34(38)41-19-22-8-6-5-7-9-22)32(24-12-15-29(42-21(2)36)30(18-24)40-4)33-27(35-20)16-25(17-28(33)37)23-10-13-26(39-3)14-11-23/h5-15,18,25,32,35H,16-17,19H2,1-4H3. The normalized spacial score (nSPS) is 18.1. The van der Waals surface area contributed by atoms with Crippen LogP contribution in [0.15, 0.2) is 95.3 Å². The van der Waals surface area contributed by atoms with E-state index in [1.807, 2.05) is 61.5 Å². The molecule has 0 saturated carbocycles. The number of ketones is 1. The van der Waals surface area contributed by atoms with Gasteiger partial charge < -0.3 is 24.3 Å². The summed E-state index contributed by atoms with van der Waals surface area (Å²) >= 11 is 0. The highest BCUT2D eigenvalue weighted by molar-refractivity contribution is 6.04. The number of ether oxygens (including phenoxy) is 4. The molecule has 0 saturated heterocycles. The quantitative estimate of drug-likeness (QED) is 0.272. The molecule has 1 aliphatic carbocycles. The van der Waals surface area contributed by atoms with Crippen molar-refractivity contribution in [3.8, 4) is 17.2 Å². The van der Waals surface area contributed by atoms with Crippen LogP contribution in [0.1, 0.15) is 55.2 Å². The summed E-state index contributed by atoms with van der Waals surface area (Å²) in [6, 6.07) is 22.3. The summed E-state index contributed by atoms with van der Waals surface area (Å²) in [5.74, 6) is -0.476. The average Bonchev–Trinajstić information content (AvgIpc) is 2.99. The van der Waals surface area contributed by atoms with E-state index in [4.69, 9.17) is 18.9 Å². The lowest BCUT2D eigenvalue weighted by atomic mass is 9.71. The number of carbonyl (C=O) groups is 3. The minimum absolute atomic E-state index is 0.0319. The molecule has 2 unspecified atom stereocenters. The lowest BCUT2D eigenvalue weighted by molar-refractivity contribution is -0.140. The molecule has 42 heavy (non-hydrogen) atoms. The van der Waals surface area contributed by atoms with Gasteiger partial charge in [0.15, 0.2) is 17.3 Å². The first-order chi connectivity index (χ1) is 20.3. The molecule has 0 aromatic heterocycles. The monoisotopic (exact) mass is 567 g/mol. The Labute approximate surface area is 244 Å². The fourth-order valence-electron chi connectivity index (χ4n) is 5.66. The smallest absolute Gasteiger partial charge is 0.337 e. The topological polar surface area (TPSA) is 100 Å². The van der Waals surface area contributed by atoms with Gasteiger partial charge in [-0.2, -0.15) is 0 Å². The summed E-state index contributed by atoms with van der Waals surface area (Å²) in [6.45, 7) is 3.23. The summed E-state index contributed by atoms with van der Waals surface area (Å²) in [4.78, 5) is 39.3. The molecule has 0 spiro atoms. The van der Waals surface area contributed by atoms with E-state index in [9.17, 15) is 14.4 Å². The van der Waals surface area contributed by atoms with E-state index in [-0.39, 0.29) is 30.5 Å². The Morgan fingerprint density at radius 3 is 2.26 bits per heavy atom. The maximum Gasteiger partial charge on any atom is 0.337 e. The molecule has 8 heteroatoms. The van der Waals surface area contributed by atoms with E-state index < -0.39 is 17.9 Å². The van der Waals surface area contributed by atoms with Crippen molar-refractivity contribution in [1.82, 2.24) is 5.32 Å². The molecule has 2 aliphatic rings. The largest absolute Gasteiger partial charge is 0.497 e. The first-order valence-corrected chi connectivity index (χ1v) is 13.7. The van der Waals surface area contributed by atoms with Gasteiger partial charge in [-0.05, 0) is 60.2 Å². The third-order valence-corrected chi connectivity index (χ3v) is 7.62. The zero-order chi connectivity index (χ0) is 29.8. The summed E-state index contributed by atoms with van der Waals surface area (Å²) in [5, 5.41) is 3.38. The van der Waals surface area contributed by atoms with Gasteiger partial charge in [-0.1, -0.05) is 48.5 Å². The van der Waals surface area contributed by atoms with Crippen LogP contribution in [-0.2, 0) is 25.7 Å². The van der Waals surface area contributed by atoms with E-state index in [1.54, 1.807) is 25.3 Å². The molecule has 1 aliphatic heterocycles. The fourth-order valence-corrected chi connectivity index (χ4v) is 5.66. The van der Waals surface area contributed by atoms with Gasteiger partial charge in [-0.15, -0.1) is 0 Å². The molecule has 1 N–H and O–H groups in total. The highest BCUT2D eigenvalue weighted by atomic mass is 16.6. The molecule has 0 radical (unpaired) electrons. The second-order valence-corrected chi connectivity index (χ2v) is 10.4. The van der Waals surface area contributed by atoms with Crippen molar-refractivity contribution >= 4 is 17.7 Å². The number of hydrogen-bond donors (Lipinski definition) is 1. The van der Waals surface area contributed by atoms with E-state index >= 15 is 0 Å². The third kappa shape index (κ3) is 5.93. The second-order valence-electron chi connectivity index (χ2n) is 10.4. The molecule has 3 aromatic rings. The summed E-state index contributed by atoms with van der Waals surface area (Å²) in [5.41, 5.74) is 4.81. The Hall–Kier alpha value is -4.85. The average molecular weight is 568 g/mol. The van der Waals surface area contributed by atoms with Crippen molar-refractivity contribution in [2.75, 3.05) is 14.2 Å². The maximum absolute atomic E-state index is 13.9. The van der Waals surface area contributed by atoms with Gasteiger partial charge in [0.1, 0.15) is 12.4 Å². The van der Waals surface area contributed by atoms with E-state index in [1.165, 1.54) is 14.0 Å². The van der Waals surface area contributed by atoms with Crippen molar-refractivity contribution in [1.29, 1.82) is 0 Å². The summed E-state index contributed by atoms with van der Waals surface area (Å²) in [7, 11) is 3.09. The predicted octanol–water partition coefficient (Wildman–Crippen LogP) is 5.73. The first kappa shape index (κ1) is 28.7. The third-order valence-electron chi connectivity index (χ3n) is 7.62. The van der Waals surface area contributed by atoms with Gasteiger partial charge >= 0.3 is 11.9 Å². The molecular weight excluding hydrogens is 534 g/mol. The summed E-state index contributed by atoms with van der Waals surface area (Å²) < 4.78 is 21.9. The van der Waals surface area contributed by atoms with Gasteiger partial charge in [-0.3, -0.25) is 9.59 Å². The van der Waals surface area contributed by atoms with E-state index in [0.717, 1.165) is 22.6 Å². The van der Waals surface area contributed by atoms with Crippen LogP contribution in [0, 0.1) is 0 Å². The molecule has 5 rings (SSSR count).